The van der Waals surface area contributed by atoms with Crippen molar-refractivity contribution in [3.8, 4) is 0 Å². The molecule has 0 saturated carbocycles. The lowest BCUT2D eigenvalue weighted by atomic mass is 9.94. The van der Waals surface area contributed by atoms with Gasteiger partial charge in [0.15, 0.2) is 0 Å². The van der Waals surface area contributed by atoms with Crippen LogP contribution in [0, 0.1) is 5.92 Å². The van der Waals surface area contributed by atoms with Crippen molar-refractivity contribution in [2.75, 3.05) is 6.54 Å². The second-order valence-electron chi connectivity index (χ2n) is 5.53. The molecular formula is C14H23N3O2. The van der Waals surface area contributed by atoms with Gasteiger partial charge in [-0.3, -0.25) is 9.48 Å². The normalized spacial score (nSPS) is 14.8. The van der Waals surface area contributed by atoms with Crippen molar-refractivity contribution in [1.29, 1.82) is 0 Å². The Morgan fingerprint density at radius 1 is 1.63 bits per heavy atom. The molecule has 0 radical (unpaired) electrons. The molecule has 2 N–H and O–H groups in total. The maximum absolute atomic E-state index is 11.6. The van der Waals surface area contributed by atoms with Crippen LogP contribution in [0.25, 0.3) is 6.08 Å². The molecule has 5 nitrogen and oxygen atoms in total. The number of aliphatic hydroxyl groups is 1. The lowest BCUT2D eigenvalue weighted by Gasteiger charge is -2.25. The van der Waals surface area contributed by atoms with Crippen LogP contribution in [0.1, 0.15) is 32.9 Å². The third-order valence-corrected chi connectivity index (χ3v) is 2.76. The number of amides is 1. The van der Waals surface area contributed by atoms with E-state index >= 15 is 0 Å². The summed E-state index contributed by atoms with van der Waals surface area (Å²) >= 11 is 0. The summed E-state index contributed by atoms with van der Waals surface area (Å²) in [6, 6.07) is 1.82. The first-order valence-corrected chi connectivity index (χ1v) is 6.46. The predicted octanol–water partition coefficient (Wildman–Crippen LogP) is 1.35. The molecule has 1 rings (SSSR count). The van der Waals surface area contributed by atoms with Gasteiger partial charge in [0.25, 0.3) is 0 Å². The van der Waals surface area contributed by atoms with Gasteiger partial charge in [-0.25, -0.2) is 0 Å². The molecule has 0 aromatic carbocycles. The van der Waals surface area contributed by atoms with Crippen LogP contribution in [0.15, 0.2) is 18.3 Å². The van der Waals surface area contributed by atoms with Crippen LogP contribution in [0.2, 0.25) is 0 Å². The summed E-state index contributed by atoms with van der Waals surface area (Å²) in [6.07, 6.45) is 5.46. The second kappa shape index (κ2) is 6.52. The Bertz CT molecular complexity index is 447. The molecule has 1 aromatic rings. The van der Waals surface area contributed by atoms with Crippen molar-refractivity contribution in [2.45, 2.75) is 32.8 Å². The molecule has 0 aliphatic rings. The average molecular weight is 265 g/mol. The Morgan fingerprint density at radius 3 is 2.84 bits per heavy atom. The molecule has 0 spiro atoms. The Kier molecular flexibility index (Phi) is 5.30. The monoisotopic (exact) mass is 265 g/mol. The number of nitrogens with zero attached hydrogens (tertiary/aromatic N) is 2. The number of rotatable bonds is 6. The third kappa shape index (κ3) is 5.70. The molecule has 5 heteroatoms. The summed E-state index contributed by atoms with van der Waals surface area (Å²) in [5.41, 5.74) is -0.0198. The van der Waals surface area contributed by atoms with E-state index in [0.29, 0.717) is 12.3 Å². The minimum atomic E-state index is -0.871. The van der Waals surface area contributed by atoms with E-state index in [1.54, 1.807) is 23.9 Å². The number of carbonyl (C=O) groups is 1. The number of nitrogens with one attached hydrogen (secondary N) is 1. The van der Waals surface area contributed by atoms with Crippen LogP contribution in [0.3, 0.4) is 0 Å². The first-order chi connectivity index (χ1) is 8.80. The average Bonchev–Trinajstić information content (AvgIpc) is 2.68. The van der Waals surface area contributed by atoms with E-state index in [9.17, 15) is 9.90 Å². The van der Waals surface area contributed by atoms with Gasteiger partial charge >= 0.3 is 0 Å². The van der Waals surface area contributed by atoms with Crippen molar-refractivity contribution in [1.82, 2.24) is 15.1 Å². The fourth-order valence-electron chi connectivity index (χ4n) is 2.00. The zero-order chi connectivity index (χ0) is 14.5. The van der Waals surface area contributed by atoms with Gasteiger partial charge in [0, 0.05) is 25.9 Å². The van der Waals surface area contributed by atoms with E-state index in [-0.39, 0.29) is 12.5 Å². The molecule has 0 saturated heterocycles. The smallest absolute Gasteiger partial charge is 0.244 e. The fourth-order valence-corrected chi connectivity index (χ4v) is 2.00. The Hall–Kier alpha value is -1.62. The molecule has 0 aliphatic carbocycles. The summed E-state index contributed by atoms with van der Waals surface area (Å²) in [7, 11) is 1.81. The maximum Gasteiger partial charge on any atom is 0.244 e. The summed E-state index contributed by atoms with van der Waals surface area (Å²) in [6.45, 7) is 6.06. The van der Waals surface area contributed by atoms with Crippen LogP contribution >= 0.6 is 0 Å². The van der Waals surface area contributed by atoms with E-state index in [1.807, 2.05) is 27.0 Å². The standard InChI is InChI=1S/C14H23N3O2/c1-11(2)9-14(3,19)10-15-13(18)6-5-12-7-8-16-17(12)4/h5-8,11,19H,9-10H2,1-4H3,(H,15,18). The van der Waals surface area contributed by atoms with Crippen LogP contribution in [0.5, 0.6) is 0 Å². The predicted molar refractivity (Wildman–Crippen MR) is 75.3 cm³/mol. The second-order valence-corrected chi connectivity index (χ2v) is 5.53. The molecule has 0 aliphatic heterocycles. The number of aromatic nitrogens is 2. The fraction of sp³-hybridized carbons (Fsp3) is 0.571. The minimum Gasteiger partial charge on any atom is -0.388 e. The molecule has 1 amide bonds. The van der Waals surface area contributed by atoms with Gasteiger partial charge in [-0.05, 0) is 31.4 Å². The molecule has 1 heterocycles. The highest BCUT2D eigenvalue weighted by molar-refractivity contribution is 5.91. The minimum absolute atomic E-state index is 0.217. The van der Waals surface area contributed by atoms with Gasteiger partial charge in [0.2, 0.25) is 5.91 Å². The van der Waals surface area contributed by atoms with E-state index in [1.165, 1.54) is 6.08 Å². The molecule has 1 unspecified atom stereocenters. The van der Waals surface area contributed by atoms with Crippen molar-refractivity contribution in [3.63, 3.8) is 0 Å². The van der Waals surface area contributed by atoms with Gasteiger partial charge in [0.1, 0.15) is 0 Å². The summed E-state index contributed by atoms with van der Waals surface area (Å²) in [5.74, 6) is 0.169. The van der Waals surface area contributed by atoms with Gasteiger partial charge in [-0.1, -0.05) is 13.8 Å². The van der Waals surface area contributed by atoms with Crippen LogP contribution in [-0.4, -0.2) is 32.9 Å². The zero-order valence-electron chi connectivity index (χ0n) is 12.1. The van der Waals surface area contributed by atoms with Crippen molar-refractivity contribution < 1.29 is 9.90 Å². The Labute approximate surface area is 114 Å². The van der Waals surface area contributed by atoms with Crippen molar-refractivity contribution in [2.24, 2.45) is 13.0 Å². The summed E-state index contributed by atoms with van der Waals surface area (Å²) < 4.78 is 1.68. The molecular weight excluding hydrogens is 242 g/mol. The molecule has 106 valence electrons. The van der Waals surface area contributed by atoms with E-state index in [4.69, 9.17) is 0 Å². The van der Waals surface area contributed by atoms with Crippen LogP contribution in [0.4, 0.5) is 0 Å². The molecule has 19 heavy (non-hydrogen) atoms. The van der Waals surface area contributed by atoms with E-state index in [2.05, 4.69) is 10.4 Å². The molecule has 0 fully saturated rings. The molecule has 0 bridgehead atoms. The van der Waals surface area contributed by atoms with E-state index in [0.717, 1.165) is 5.69 Å². The quantitative estimate of drug-likeness (QED) is 0.763. The first-order valence-electron chi connectivity index (χ1n) is 6.46. The topological polar surface area (TPSA) is 67.2 Å². The number of carbonyl (C=O) groups excluding carboxylic acids is 1. The largest absolute Gasteiger partial charge is 0.388 e. The highest BCUT2D eigenvalue weighted by Gasteiger charge is 2.21. The first kappa shape index (κ1) is 15.4. The molecule has 1 aromatic heterocycles. The van der Waals surface area contributed by atoms with Crippen LogP contribution < -0.4 is 5.32 Å². The van der Waals surface area contributed by atoms with Crippen molar-refractivity contribution in [3.05, 3.63) is 24.0 Å². The van der Waals surface area contributed by atoms with Gasteiger partial charge < -0.3 is 10.4 Å². The summed E-state index contributed by atoms with van der Waals surface area (Å²) in [5, 5.41) is 16.8. The highest BCUT2D eigenvalue weighted by atomic mass is 16.3. The number of hydrogen-bond acceptors (Lipinski definition) is 3. The van der Waals surface area contributed by atoms with Gasteiger partial charge in [-0.15, -0.1) is 0 Å². The van der Waals surface area contributed by atoms with Crippen LogP contribution in [-0.2, 0) is 11.8 Å². The third-order valence-electron chi connectivity index (χ3n) is 2.76. The Balaban J connectivity index is 2.44. The van der Waals surface area contributed by atoms with Gasteiger partial charge in [0.05, 0.1) is 11.3 Å². The molecule has 1 atom stereocenters. The van der Waals surface area contributed by atoms with E-state index < -0.39 is 5.60 Å². The lowest BCUT2D eigenvalue weighted by molar-refractivity contribution is -0.117. The zero-order valence-corrected chi connectivity index (χ0v) is 12.1. The summed E-state index contributed by atoms with van der Waals surface area (Å²) in [4.78, 5) is 11.6. The SMILES string of the molecule is CC(C)CC(C)(O)CNC(=O)C=Cc1ccnn1C. The Morgan fingerprint density at radius 2 is 2.32 bits per heavy atom. The number of aryl methyl sites for hydroxylation is 1. The van der Waals surface area contributed by atoms with Gasteiger partial charge in [-0.2, -0.15) is 5.10 Å². The maximum atomic E-state index is 11.6. The van der Waals surface area contributed by atoms with Crippen molar-refractivity contribution >= 4 is 12.0 Å². The number of hydrogen-bond donors (Lipinski definition) is 2. The lowest BCUT2D eigenvalue weighted by Crippen LogP contribution is -2.40. The highest BCUT2D eigenvalue weighted by Crippen LogP contribution is 2.14.